The van der Waals surface area contributed by atoms with Crippen LogP contribution < -0.4 is 0 Å². The van der Waals surface area contributed by atoms with Crippen molar-refractivity contribution in [3.63, 3.8) is 0 Å². The maximum absolute atomic E-state index is 11.5. The Kier molecular flexibility index (Phi) is 4.24. The number of rotatable bonds is 4. The topological polar surface area (TPSA) is 57.5 Å². The van der Waals surface area contributed by atoms with Crippen molar-refractivity contribution in [1.82, 2.24) is 0 Å². The predicted octanol–water partition coefficient (Wildman–Crippen LogP) is 1.07. The van der Waals surface area contributed by atoms with Gasteiger partial charge in [-0.05, 0) is 13.3 Å². The maximum atomic E-state index is 11.5. The van der Waals surface area contributed by atoms with Crippen molar-refractivity contribution < 1.29 is 15.0 Å². The van der Waals surface area contributed by atoms with Crippen molar-refractivity contribution in [3.05, 3.63) is 24.8 Å². The van der Waals surface area contributed by atoms with Crippen LogP contribution in [-0.2, 0) is 4.79 Å². The number of allylic oxidation sites excluding steroid dienone is 1. The molecule has 3 nitrogen and oxygen atoms in total. The molecule has 1 saturated carbocycles. The number of aliphatic hydroxyl groups excluding tert-OH is 2. The van der Waals surface area contributed by atoms with E-state index in [1.54, 1.807) is 25.2 Å². The highest BCUT2D eigenvalue weighted by Gasteiger charge is 2.38. The van der Waals surface area contributed by atoms with Crippen molar-refractivity contribution in [2.45, 2.75) is 32.0 Å². The first-order valence-electron chi connectivity index (χ1n) is 5.24. The minimum absolute atomic E-state index is 0.0858. The number of ketones is 1. The van der Waals surface area contributed by atoms with Crippen molar-refractivity contribution in [1.29, 1.82) is 0 Å². The Labute approximate surface area is 90.1 Å². The van der Waals surface area contributed by atoms with Crippen LogP contribution in [0.2, 0.25) is 0 Å². The minimum Gasteiger partial charge on any atom is -0.392 e. The molecule has 0 saturated heterocycles. The Morgan fingerprint density at radius 2 is 2.33 bits per heavy atom. The van der Waals surface area contributed by atoms with E-state index < -0.39 is 12.2 Å². The lowest BCUT2D eigenvalue weighted by atomic mass is 9.90. The van der Waals surface area contributed by atoms with Crippen LogP contribution in [0, 0.1) is 11.8 Å². The van der Waals surface area contributed by atoms with E-state index in [4.69, 9.17) is 5.11 Å². The van der Waals surface area contributed by atoms with E-state index in [2.05, 4.69) is 6.58 Å². The number of carbonyl (C=O) groups excluding carboxylic acids is 1. The van der Waals surface area contributed by atoms with Gasteiger partial charge in [0.15, 0.2) is 0 Å². The van der Waals surface area contributed by atoms with Gasteiger partial charge < -0.3 is 10.2 Å². The van der Waals surface area contributed by atoms with Crippen LogP contribution in [0.4, 0.5) is 0 Å². The van der Waals surface area contributed by atoms with Gasteiger partial charge >= 0.3 is 0 Å². The van der Waals surface area contributed by atoms with Gasteiger partial charge in [0.05, 0.1) is 12.2 Å². The molecule has 0 aromatic heterocycles. The molecule has 3 heteroatoms. The van der Waals surface area contributed by atoms with E-state index in [0.717, 1.165) is 0 Å². The first-order chi connectivity index (χ1) is 7.06. The second-order valence-electron chi connectivity index (χ2n) is 4.07. The fourth-order valence-corrected chi connectivity index (χ4v) is 2.00. The van der Waals surface area contributed by atoms with E-state index in [0.29, 0.717) is 6.42 Å². The van der Waals surface area contributed by atoms with E-state index in [9.17, 15) is 9.90 Å². The lowest BCUT2D eigenvalue weighted by molar-refractivity contribution is -0.121. The summed E-state index contributed by atoms with van der Waals surface area (Å²) in [4.78, 5) is 11.5. The average molecular weight is 210 g/mol. The number of hydrogen-bond acceptors (Lipinski definition) is 3. The second kappa shape index (κ2) is 5.24. The van der Waals surface area contributed by atoms with Gasteiger partial charge in [0.2, 0.25) is 0 Å². The molecule has 0 spiro atoms. The molecule has 1 rings (SSSR count). The normalized spacial score (nSPS) is 33.5. The fraction of sp³-hybridized carbons (Fsp3) is 0.583. The van der Waals surface area contributed by atoms with Crippen LogP contribution >= 0.6 is 0 Å². The molecule has 0 aromatic rings. The van der Waals surface area contributed by atoms with E-state index in [1.807, 2.05) is 0 Å². The molecule has 1 fully saturated rings. The fourth-order valence-electron chi connectivity index (χ4n) is 2.00. The molecular formula is C12H18O3. The monoisotopic (exact) mass is 210 g/mol. The molecule has 0 heterocycles. The Balaban J connectivity index is 2.73. The zero-order valence-corrected chi connectivity index (χ0v) is 8.97. The molecule has 1 aliphatic carbocycles. The van der Waals surface area contributed by atoms with Crippen LogP contribution in [0.1, 0.15) is 19.8 Å². The number of carbonyl (C=O) groups is 1. The third-order valence-electron chi connectivity index (χ3n) is 2.77. The van der Waals surface area contributed by atoms with E-state index in [-0.39, 0.29) is 24.0 Å². The Bertz CT molecular complexity index is 268. The zero-order valence-electron chi connectivity index (χ0n) is 8.97. The molecule has 0 aliphatic heterocycles. The molecule has 0 unspecified atom stereocenters. The van der Waals surface area contributed by atoms with Crippen LogP contribution in [0.15, 0.2) is 24.8 Å². The van der Waals surface area contributed by atoms with Gasteiger partial charge in [-0.1, -0.05) is 18.2 Å². The van der Waals surface area contributed by atoms with Gasteiger partial charge in [-0.25, -0.2) is 0 Å². The first-order valence-corrected chi connectivity index (χ1v) is 5.24. The standard InChI is InChI=1S/C12H18O3/c1-3-4-9-10(6-5-8(2)13)12(15)7-11(9)14/h3,5-6,8-10,12-13,15H,1,4,7H2,2H3/b6-5+/t8-,9+,10+,12+/m0/s1. The average Bonchev–Trinajstić information content (AvgIpc) is 2.40. The summed E-state index contributed by atoms with van der Waals surface area (Å²) in [5.74, 6) is -0.264. The highest BCUT2D eigenvalue weighted by molar-refractivity contribution is 5.84. The molecule has 0 radical (unpaired) electrons. The molecule has 0 aromatic carbocycles. The molecule has 84 valence electrons. The highest BCUT2D eigenvalue weighted by Crippen LogP contribution is 2.33. The van der Waals surface area contributed by atoms with Crippen molar-refractivity contribution in [2.24, 2.45) is 11.8 Å². The molecule has 0 amide bonds. The SMILES string of the molecule is C=CC[C@H]1C(=O)C[C@@H](O)[C@@H]1/C=C/[C@H](C)O. The zero-order chi connectivity index (χ0) is 11.4. The summed E-state index contributed by atoms with van der Waals surface area (Å²) < 4.78 is 0. The lowest BCUT2D eigenvalue weighted by Gasteiger charge is -2.15. The summed E-state index contributed by atoms with van der Waals surface area (Å²) in [6.07, 6.45) is 4.70. The van der Waals surface area contributed by atoms with Crippen molar-refractivity contribution >= 4 is 5.78 Å². The second-order valence-corrected chi connectivity index (χ2v) is 4.07. The van der Waals surface area contributed by atoms with Crippen LogP contribution in [0.25, 0.3) is 0 Å². The number of Topliss-reactive ketones (excluding diaryl/α,β-unsaturated/α-hetero) is 1. The summed E-state index contributed by atoms with van der Waals surface area (Å²) in [7, 11) is 0. The summed E-state index contributed by atoms with van der Waals surface area (Å²) in [5, 5.41) is 18.8. The number of hydrogen-bond donors (Lipinski definition) is 2. The quantitative estimate of drug-likeness (QED) is 0.682. The van der Waals surface area contributed by atoms with Gasteiger partial charge in [0, 0.05) is 18.3 Å². The summed E-state index contributed by atoms with van der Waals surface area (Å²) >= 11 is 0. The van der Waals surface area contributed by atoms with Gasteiger partial charge in [-0.2, -0.15) is 0 Å². The minimum atomic E-state index is -0.613. The van der Waals surface area contributed by atoms with Crippen LogP contribution in [0.5, 0.6) is 0 Å². The van der Waals surface area contributed by atoms with E-state index in [1.165, 1.54) is 0 Å². The van der Waals surface area contributed by atoms with E-state index >= 15 is 0 Å². The molecule has 0 bridgehead atoms. The molecule has 4 atom stereocenters. The Morgan fingerprint density at radius 3 is 2.87 bits per heavy atom. The summed E-state index contributed by atoms with van der Waals surface area (Å²) in [6.45, 7) is 5.25. The Morgan fingerprint density at radius 1 is 1.67 bits per heavy atom. The van der Waals surface area contributed by atoms with Gasteiger partial charge in [-0.3, -0.25) is 4.79 Å². The Hall–Kier alpha value is -0.930. The van der Waals surface area contributed by atoms with Gasteiger partial charge in [-0.15, -0.1) is 6.58 Å². The van der Waals surface area contributed by atoms with Crippen molar-refractivity contribution in [2.75, 3.05) is 0 Å². The van der Waals surface area contributed by atoms with Gasteiger partial charge in [0.1, 0.15) is 5.78 Å². The summed E-state index contributed by atoms with van der Waals surface area (Å²) in [5.41, 5.74) is 0. The summed E-state index contributed by atoms with van der Waals surface area (Å²) in [6, 6.07) is 0. The maximum Gasteiger partial charge on any atom is 0.139 e. The largest absolute Gasteiger partial charge is 0.392 e. The highest BCUT2D eigenvalue weighted by atomic mass is 16.3. The van der Waals surface area contributed by atoms with Crippen LogP contribution in [0.3, 0.4) is 0 Å². The van der Waals surface area contributed by atoms with Gasteiger partial charge in [0.25, 0.3) is 0 Å². The predicted molar refractivity (Wildman–Crippen MR) is 58.2 cm³/mol. The smallest absolute Gasteiger partial charge is 0.139 e. The molecule has 15 heavy (non-hydrogen) atoms. The van der Waals surface area contributed by atoms with Crippen LogP contribution in [-0.4, -0.2) is 28.2 Å². The third kappa shape index (κ3) is 3.01. The number of aliphatic hydroxyl groups is 2. The van der Waals surface area contributed by atoms with Crippen molar-refractivity contribution in [3.8, 4) is 0 Å². The molecule has 2 N–H and O–H groups in total. The molecule has 1 aliphatic rings. The first kappa shape index (κ1) is 12.1. The lowest BCUT2D eigenvalue weighted by Crippen LogP contribution is -2.18. The third-order valence-corrected chi connectivity index (χ3v) is 2.77. The molecular weight excluding hydrogens is 192 g/mol.